The van der Waals surface area contributed by atoms with Gasteiger partial charge in [0.05, 0.1) is 6.61 Å². The maximum atomic E-state index is 12.8. The average molecular weight is 811 g/mol. The van der Waals surface area contributed by atoms with Crippen LogP contribution in [-0.2, 0) is 32.7 Å². The fourth-order valence-electron chi connectivity index (χ4n) is 6.88. The molecule has 55 heavy (non-hydrogen) atoms. The average Bonchev–Trinajstić information content (AvgIpc) is 3.16. The Balaban J connectivity index is 2.48. The molecule has 0 heterocycles. The Morgan fingerprint density at radius 2 is 0.818 bits per heavy atom. The third kappa shape index (κ3) is 25.7. The van der Waals surface area contributed by atoms with Crippen LogP contribution in [0.15, 0.2) is 0 Å². The molecular weight excluding hydrogens is 731 g/mol. The van der Waals surface area contributed by atoms with Gasteiger partial charge in [-0.3, -0.25) is 18.6 Å². The van der Waals surface area contributed by atoms with Gasteiger partial charge in [0, 0.05) is 12.8 Å². The first kappa shape index (κ1) is 51.9. The van der Waals surface area contributed by atoms with Crippen molar-refractivity contribution in [2.75, 3.05) is 13.2 Å². The van der Waals surface area contributed by atoms with E-state index >= 15 is 0 Å². The number of ether oxygens (including phenoxy) is 2. The molecule has 1 aliphatic carbocycles. The van der Waals surface area contributed by atoms with Crippen LogP contribution in [0.5, 0.6) is 0 Å². The van der Waals surface area contributed by atoms with Crippen molar-refractivity contribution in [2.24, 2.45) is 0 Å². The number of carbonyl (C=O) groups excluding carboxylic acids is 2. The van der Waals surface area contributed by atoms with E-state index in [4.69, 9.17) is 18.5 Å². The van der Waals surface area contributed by atoms with Crippen LogP contribution < -0.4 is 0 Å². The van der Waals surface area contributed by atoms with Gasteiger partial charge in [0.15, 0.2) is 6.10 Å². The second-order valence-electron chi connectivity index (χ2n) is 15.6. The quantitative estimate of drug-likeness (QED) is 0.0204. The predicted octanol–water partition coefficient (Wildman–Crippen LogP) is 7.72. The predicted molar refractivity (Wildman–Crippen MR) is 212 cm³/mol. The van der Waals surface area contributed by atoms with Gasteiger partial charge in [-0.2, -0.15) is 0 Å². The molecule has 1 aliphatic rings. The molecule has 0 aromatic heterocycles. The number of carbonyl (C=O) groups is 2. The zero-order valence-electron chi connectivity index (χ0n) is 34.2. The van der Waals surface area contributed by atoms with Crippen LogP contribution in [-0.4, -0.2) is 98.3 Å². The van der Waals surface area contributed by atoms with Crippen LogP contribution in [0.4, 0.5) is 0 Å². The summed E-state index contributed by atoms with van der Waals surface area (Å²) in [5.41, 5.74) is 0. The van der Waals surface area contributed by atoms with Crippen LogP contribution in [0.1, 0.15) is 194 Å². The van der Waals surface area contributed by atoms with Gasteiger partial charge in [0.2, 0.25) is 0 Å². The normalized spacial score (nSPS) is 23.0. The summed E-state index contributed by atoms with van der Waals surface area (Å²) in [7, 11) is -5.10. The van der Waals surface area contributed by atoms with E-state index in [9.17, 15) is 44.6 Å². The van der Waals surface area contributed by atoms with Crippen molar-refractivity contribution >= 4 is 19.8 Å². The summed E-state index contributed by atoms with van der Waals surface area (Å²) in [5, 5.41) is 50.0. The fraction of sp³-hybridized carbons (Fsp3) is 0.951. The van der Waals surface area contributed by atoms with E-state index in [-0.39, 0.29) is 12.8 Å². The largest absolute Gasteiger partial charge is 0.472 e. The van der Waals surface area contributed by atoms with Crippen molar-refractivity contribution in [1.82, 2.24) is 0 Å². The second kappa shape index (κ2) is 32.8. The highest BCUT2D eigenvalue weighted by molar-refractivity contribution is 7.47. The first-order chi connectivity index (χ1) is 26.4. The summed E-state index contributed by atoms with van der Waals surface area (Å²) < 4.78 is 33.4. The lowest BCUT2D eigenvalue weighted by atomic mass is 9.85. The third-order valence-electron chi connectivity index (χ3n) is 10.4. The molecule has 1 rings (SSSR count). The molecule has 6 N–H and O–H groups in total. The van der Waals surface area contributed by atoms with Crippen molar-refractivity contribution in [2.45, 2.75) is 236 Å². The Hall–Kier alpha value is -1.15. The van der Waals surface area contributed by atoms with Crippen molar-refractivity contribution in [3.05, 3.63) is 0 Å². The highest BCUT2D eigenvalue weighted by atomic mass is 31.2. The molecular formula is C41H79O13P. The Morgan fingerprint density at radius 1 is 0.491 bits per heavy atom. The summed E-state index contributed by atoms with van der Waals surface area (Å²) in [5.74, 6) is -1.09. The van der Waals surface area contributed by atoms with E-state index in [0.29, 0.717) is 12.8 Å². The Morgan fingerprint density at radius 3 is 1.20 bits per heavy atom. The summed E-state index contributed by atoms with van der Waals surface area (Å²) in [6, 6.07) is 0. The number of aliphatic hydroxyl groups excluding tert-OH is 5. The lowest BCUT2D eigenvalue weighted by Gasteiger charge is -2.41. The van der Waals surface area contributed by atoms with E-state index in [1.54, 1.807) is 0 Å². The Kier molecular flexibility index (Phi) is 30.9. The molecule has 13 nitrogen and oxygen atoms in total. The van der Waals surface area contributed by atoms with Crippen LogP contribution in [0, 0.1) is 0 Å². The molecule has 0 aromatic rings. The number of phosphoric acid groups is 1. The van der Waals surface area contributed by atoms with Gasteiger partial charge in [-0.15, -0.1) is 0 Å². The second-order valence-corrected chi connectivity index (χ2v) is 17.0. The van der Waals surface area contributed by atoms with Gasteiger partial charge < -0.3 is 39.9 Å². The minimum Gasteiger partial charge on any atom is -0.462 e. The molecule has 0 aromatic carbocycles. The lowest BCUT2D eigenvalue weighted by Crippen LogP contribution is -2.64. The van der Waals surface area contributed by atoms with Gasteiger partial charge in [-0.05, 0) is 12.8 Å². The number of phosphoric ester groups is 1. The fourth-order valence-corrected chi connectivity index (χ4v) is 7.85. The lowest BCUT2D eigenvalue weighted by molar-refractivity contribution is -0.220. The Bertz CT molecular complexity index is 985. The minimum absolute atomic E-state index is 0.104. The van der Waals surface area contributed by atoms with Gasteiger partial charge in [0.25, 0.3) is 0 Å². The zero-order valence-corrected chi connectivity index (χ0v) is 35.1. The van der Waals surface area contributed by atoms with E-state index in [2.05, 4.69) is 13.8 Å². The van der Waals surface area contributed by atoms with Gasteiger partial charge >= 0.3 is 19.8 Å². The highest BCUT2D eigenvalue weighted by Gasteiger charge is 2.51. The monoisotopic (exact) mass is 811 g/mol. The standard InChI is InChI=1S/C41H79O13P/c1-3-5-7-9-11-13-15-17-19-21-23-25-27-29-34(42)51-31-33(32-52-55(49,50)54-41-39(47)37(45)36(44)38(46)40(41)48)53-35(43)30-28-26-24-22-20-18-16-14-12-10-8-6-4-2/h33,36-41,44-48H,3-32H2,1-2H3,(H,49,50)/t33-,36?,37-,38-,39+,40+,41?/m1/s1. The molecule has 14 heteroatoms. The SMILES string of the molecule is CCCCCCCCCCCCCCCC(=O)OC[C@H](COP(=O)(O)OC1[C@@H](O)[C@H](O)C(O)[C@@H](O)[C@@H]1O)OC(=O)CCCCCCCCCCCCCCC. The number of hydrogen-bond donors (Lipinski definition) is 6. The molecule has 1 unspecified atom stereocenters. The molecule has 1 fully saturated rings. The highest BCUT2D eigenvalue weighted by Crippen LogP contribution is 2.47. The molecule has 1 saturated carbocycles. The van der Waals surface area contributed by atoms with E-state index in [1.807, 2.05) is 0 Å². The van der Waals surface area contributed by atoms with E-state index < -0.39 is 75.7 Å². The minimum atomic E-state index is -5.10. The van der Waals surface area contributed by atoms with Gasteiger partial charge in [0.1, 0.15) is 43.2 Å². The summed E-state index contributed by atoms with van der Waals surface area (Å²) in [6.45, 7) is 3.29. The number of unbranched alkanes of at least 4 members (excludes halogenated alkanes) is 24. The van der Waals surface area contributed by atoms with Crippen molar-refractivity contribution in [3.63, 3.8) is 0 Å². The van der Waals surface area contributed by atoms with E-state index in [0.717, 1.165) is 38.5 Å². The first-order valence-corrected chi connectivity index (χ1v) is 23.3. The van der Waals surface area contributed by atoms with Crippen molar-refractivity contribution in [3.8, 4) is 0 Å². The molecule has 6 atom stereocenters. The number of rotatable bonds is 36. The number of hydrogen-bond acceptors (Lipinski definition) is 12. The van der Waals surface area contributed by atoms with E-state index in [1.165, 1.54) is 116 Å². The maximum absolute atomic E-state index is 12.8. The first-order valence-electron chi connectivity index (χ1n) is 21.8. The van der Waals surface area contributed by atoms with Gasteiger partial charge in [-0.1, -0.05) is 168 Å². The van der Waals surface area contributed by atoms with Crippen molar-refractivity contribution in [1.29, 1.82) is 0 Å². The molecule has 0 radical (unpaired) electrons. The van der Waals surface area contributed by atoms with Crippen molar-refractivity contribution < 1.29 is 63.1 Å². The summed E-state index contributed by atoms with van der Waals surface area (Å²) >= 11 is 0. The summed E-state index contributed by atoms with van der Waals surface area (Å²) in [4.78, 5) is 35.6. The van der Waals surface area contributed by atoms with Crippen LogP contribution >= 0.6 is 7.82 Å². The van der Waals surface area contributed by atoms with Crippen LogP contribution in [0.25, 0.3) is 0 Å². The smallest absolute Gasteiger partial charge is 0.462 e. The molecule has 0 bridgehead atoms. The maximum Gasteiger partial charge on any atom is 0.472 e. The molecule has 0 amide bonds. The topological polar surface area (TPSA) is 210 Å². The summed E-state index contributed by atoms with van der Waals surface area (Å²) in [6.07, 6.45) is 17.3. The number of aliphatic hydroxyl groups is 5. The van der Waals surface area contributed by atoms with Crippen LogP contribution in [0.2, 0.25) is 0 Å². The third-order valence-corrected chi connectivity index (χ3v) is 11.4. The molecule has 0 aliphatic heterocycles. The number of esters is 2. The molecule has 326 valence electrons. The van der Waals surface area contributed by atoms with Gasteiger partial charge in [-0.25, -0.2) is 4.57 Å². The Labute approximate surface area is 331 Å². The molecule has 0 spiro atoms. The zero-order chi connectivity index (χ0) is 40.7. The molecule has 0 saturated heterocycles. The van der Waals surface area contributed by atoms with Crippen LogP contribution in [0.3, 0.4) is 0 Å².